The minimum absolute atomic E-state index is 0.0468. The zero-order valence-corrected chi connectivity index (χ0v) is 19.8. The maximum Gasteiger partial charge on any atom is 0.387 e. The van der Waals surface area contributed by atoms with E-state index in [2.05, 4.69) is 47.4 Å². The summed E-state index contributed by atoms with van der Waals surface area (Å²) in [4.78, 5) is 0. The topological polar surface area (TPSA) is 9.23 Å². The van der Waals surface area contributed by atoms with E-state index in [0.717, 1.165) is 43.4 Å². The molecule has 0 N–H and O–H groups in total. The summed E-state index contributed by atoms with van der Waals surface area (Å²) in [6, 6.07) is 18.8. The van der Waals surface area contributed by atoms with Gasteiger partial charge in [-0.05, 0) is 66.0 Å². The van der Waals surface area contributed by atoms with Crippen molar-refractivity contribution in [1.82, 2.24) is 0 Å². The van der Waals surface area contributed by atoms with Crippen LogP contribution in [0.3, 0.4) is 0 Å². The van der Waals surface area contributed by atoms with Gasteiger partial charge in [0.2, 0.25) is 0 Å². The second-order valence-corrected chi connectivity index (χ2v) is 8.52. The molecule has 0 bridgehead atoms. The number of ether oxygens (including phenoxy) is 1. The predicted molar refractivity (Wildman–Crippen MR) is 135 cm³/mol. The van der Waals surface area contributed by atoms with Gasteiger partial charge in [-0.25, -0.2) is 13.2 Å². The minimum atomic E-state index is -3.37. The molecule has 0 aliphatic rings. The van der Waals surface area contributed by atoms with E-state index in [4.69, 9.17) is 0 Å². The highest BCUT2D eigenvalue weighted by Crippen LogP contribution is 2.26. The Morgan fingerprint density at radius 1 is 0.757 bits per heavy atom. The highest BCUT2D eigenvalue weighted by Gasteiger charge is 2.16. The lowest BCUT2D eigenvalue weighted by Crippen LogP contribution is -2.06. The van der Waals surface area contributed by atoms with Crippen molar-refractivity contribution in [2.75, 3.05) is 0 Å². The van der Waals surface area contributed by atoms with Gasteiger partial charge < -0.3 is 4.74 Å². The third kappa shape index (κ3) is 6.56. The molecule has 0 amide bonds. The third-order valence-electron chi connectivity index (χ3n) is 5.93. The molecule has 4 aromatic rings. The van der Waals surface area contributed by atoms with E-state index in [1.54, 1.807) is 12.1 Å². The molecular weight excluding hydrogens is 483 g/mol. The van der Waals surface area contributed by atoms with Crippen molar-refractivity contribution >= 4 is 10.8 Å². The standard InChI is InChI=1S/C31H23F5O/c1-2-3-4-20-5-7-21(8-6-20)9-10-22-12-16-26-25(17-22)15-14-24(29(26)34)13-11-23-18-27(32)30(28(33)19-23)37-31(35)36/h2,5-8,12,14-19,31H,1,3-4,9-10H2. The molecule has 4 aromatic carbocycles. The fraction of sp³-hybridized carbons (Fsp3) is 0.161. The fourth-order valence-electron chi connectivity index (χ4n) is 4.00. The van der Waals surface area contributed by atoms with Gasteiger partial charge in [-0.3, -0.25) is 0 Å². The average Bonchev–Trinajstić information content (AvgIpc) is 2.88. The van der Waals surface area contributed by atoms with Crippen LogP contribution in [0.1, 0.15) is 34.2 Å². The van der Waals surface area contributed by atoms with E-state index in [-0.39, 0.29) is 11.1 Å². The number of aryl methyl sites for hydroxylation is 3. The van der Waals surface area contributed by atoms with Crippen molar-refractivity contribution in [3.63, 3.8) is 0 Å². The van der Waals surface area contributed by atoms with Crippen molar-refractivity contribution in [2.24, 2.45) is 0 Å². The number of hydrogen-bond acceptors (Lipinski definition) is 1. The molecule has 0 saturated carbocycles. The number of alkyl halides is 2. The van der Waals surface area contributed by atoms with Gasteiger partial charge in [0.15, 0.2) is 17.4 Å². The molecule has 6 heteroatoms. The SMILES string of the molecule is C=CCCc1ccc(CCc2ccc3c(F)c(C#Cc4cc(F)c(OC(F)F)c(F)c4)ccc3c2)cc1. The fourth-order valence-corrected chi connectivity index (χ4v) is 4.00. The van der Waals surface area contributed by atoms with Crippen molar-refractivity contribution in [3.05, 3.63) is 125 Å². The van der Waals surface area contributed by atoms with Gasteiger partial charge in [0, 0.05) is 10.9 Å². The van der Waals surface area contributed by atoms with Crippen LogP contribution in [-0.4, -0.2) is 6.61 Å². The van der Waals surface area contributed by atoms with Crippen LogP contribution >= 0.6 is 0 Å². The van der Waals surface area contributed by atoms with Crippen LogP contribution < -0.4 is 4.74 Å². The first-order valence-electron chi connectivity index (χ1n) is 11.7. The Kier molecular flexibility index (Phi) is 8.25. The molecule has 0 heterocycles. The summed E-state index contributed by atoms with van der Waals surface area (Å²) >= 11 is 0. The summed E-state index contributed by atoms with van der Waals surface area (Å²) in [5, 5.41) is 1.09. The maximum absolute atomic E-state index is 15.1. The second kappa shape index (κ2) is 11.7. The molecule has 0 aromatic heterocycles. The largest absolute Gasteiger partial charge is 0.429 e. The normalized spacial score (nSPS) is 10.9. The second-order valence-electron chi connectivity index (χ2n) is 8.52. The molecule has 37 heavy (non-hydrogen) atoms. The predicted octanol–water partition coefficient (Wildman–Crippen LogP) is 8.16. The zero-order chi connectivity index (χ0) is 26.4. The van der Waals surface area contributed by atoms with E-state index in [0.29, 0.717) is 10.8 Å². The van der Waals surface area contributed by atoms with Gasteiger partial charge in [0.1, 0.15) is 5.82 Å². The lowest BCUT2D eigenvalue weighted by Gasteiger charge is -2.07. The first kappa shape index (κ1) is 26.0. The van der Waals surface area contributed by atoms with E-state index in [9.17, 15) is 17.6 Å². The van der Waals surface area contributed by atoms with Crippen LogP contribution in [0.25, 0.3) is 10.8 Å². The Morgan fingerprint density at radius 3 is 2.03 bits per heavy atom. The van der Waals surface area contributed by atoms with Crippen molar-refractivity contribution in [1.29, 1.82) is 0 Å². The summed E-state index contributed by atoms with van der Waals surface area (Å²) in [5.74, 6) is 0.661. The molecule has 0 aliphatic carbocycles. The van der Waals surface area contributed by atoms with Crippen LogP contribution in [0.2, 0.25) is 0 Å². The van der Waals surface area contributed by atoms with Crippen LogP contribution in [0.4, 0.5) is 22.0 Å². The van der Waals surface area contributed by atoms with E-state index >= 15 is 4.39 Å². The number of allylic oxidation sites excluding steroid dienone is 1. The van der Waals surface area contributed by atoms with Crippen LogP contribution in [0.15, 0.2) is 79.4 Å². The Bertz CT molecular complexity index is 1460. The zero-order valence-electron chi connectivity index (χ0n) is 19.8. The highest BCUT2D eigenvalue weighted by molar-refractivity contribution is 5.85. The van der Waals surface area contributed by atoms with Gasteiger partial charge in [0.25, 0.3) is 0 Å². The van der Waals surface area contributed by atoms with E-state index < -0.39 is 29.8 Å². The Morgan fingerprint density at radius 2 is 1.38 bits per heavy atom. The number of fused-ring (bicyclic) bond motifs is 1. The first-order chi connectivity index (χ1) is 17.8. The molecule has 0 spiro atoms. The number of halogens is 5. The van der Waals surface area contributed by atoms with E-state index in [1.807, 2.05) is 18.2 Å². The summed E-state index contributed by atoms with van der Waals surface area (Å²) in [7, 11) is 0. The summed E-state index contributed by atoms with van der Waals surface area (Å²) in [6.07, 6.45) is 5.48. The molecule has 188 valence electrons. The molecule has 1 nitrogen and oxygen atoms in total. The van der Waals surface area contributed by atoms with E-state index in [1.165, 1.54) is 17.2 Å². The van der Waals surface area contributed by atoms with Gasteiger partial charge in [-0.1, -0.05) is 66.4 Å². The quantitative estimate of drug-likeness (QED) is 0.133. The average molecular weight is 507 g/mol. The third-order valence-corrected chi connectivity index (χ3v) is 5.93. The van der Waals surface area contributed by atoms with Crippen LogP contribution in [0.5, 0.6) is 5.75 Å². The molecule has 4 rings (SSSR count). The van der Waals surface area contributed by atoms with Crippen molar-refractivity contribution < 1.29 is 26.7 Å². The summed E-state index contributed by atoms with van der Waals surface area (Å²) in [6.45, 7) is 0.379. The monoisotopic (exact) mass is 506 g/mol. The molecule has 0 saturated heterocycles. The van der Waals surface area contributed by atoms with Gasteiger partial charge in [-0.15, -0.1) is 6.58 Å². The molecule has 0 fully saturated rings. The molecule has 0 radical (unpaired) electrons. The Balaban J connectivity index is 1.48. The number of hydrogen-bond donors (Lipinski definition) is 0. The Labute approximate surface area is 212 Å². The molecule has 0 unspecified atom stereocenters. The lowest BCUT2D eigenvalue weighted by atomic mass is 9.98. The van der Waals surface area contributed by atoms with Gasteiger partial charge in [0.05, 0.1) is 5.56 Å². The minimum Gasteiger partial charge on any atom is -0.429 e. The van der Waals surface area contributed by atoms with Crippen LogP contribution in [0, 0.1) is 29.3 Å². The number of rotatable bonds is 8. The van der Waals surface area contributed by atoms with Crippen molar-refractivity contribution in [3.8, 4) is 17.6 Å². The Hall–Kier alpha value is -4.11. The molecule has 0 aliphatic heterocycles. The highest BCUT2D eigenvalue weighted by atomic mass is 19.3. The van der Waals surface area contributed by atoms with Gasteiger partial charge >= 0.3 is 6.61 Å². The summed E-state index contributed by atoms with van der Waals surface area (Å²) in [5.41, 5.74) is 3.47. The smallest absolute Gasteiger partial charge is 0.387 e. The summed E-state index contributed by atoms with van der Waals surface area (Å²) < 4.78 is 71.3. The van der Waals surface area contributed by atoms with Gasteiger partial charge in [-0.2, -0.15) is 8.78 Å². The van der Waals surface area contributed by atoms with Crippen molar-refractivity contribution in [2.45, 2.75) is 32.3 Å². The number of benzene rings is 4. The molecule has 0 atom stereocenters. The first-order valence-corrected chi connectivity index (χ1v) is 11.7. The molecular formula is C31H23F5O. The van der Waals surface area contributed by atoms with Crippen LogP contribution in [-0.2, 0) is 19.3 Å². The maximum atomic E-state index is 15.1. The lowest BCUT2D eigenvalue weighted by molar-refractivity contribution is -0.0546.